The topological polar surface area (TPSA) is 41.1 Å². The average Bonchev–Trinajstić information content (AvgIpc) is 2.26. The van der Waals surface area contributed by atoms with Crippen LogP contribution in [0.5, 0.6) is 0 Å². The highest BCUT2D eigenvalue weighted by Gasteiger charge is 2.20. The Bertz CT molecular complexity index is 394. The van der Waals surface area contributed by atoms with Crippen molar-refractivity contribution in [2.75, 3.05) is 24.5 Å². The third kappa shape index (κ3) is 2.13. The minimum atomic E-state index is 0.492. The van der Waals surface area contributed by atoms with Gasteiger partial charge >= 0.3 is 0 Å². The molecule has 2 heterocycles. The molecule has 16 heavy (non-hydrogen) atoms. The first-order chi connectivity index (χ1) is 7.59. The molecule has 88 valence electrons. The number of aromatic nitrogens is 2. The van der Waals surface area contributed by atoms with Gasteiger partial charge in [-0.25, -0.2) is 0 Å². The minimum Gasteiger partial charge on any atom is -0.352 e. The van der Waals surface area contributed by atoms with Crippen LogP contribution in [0.2, 0.25) is 5.15 Å². The molecular weight excluding hydrogens is 224 g/mol. The molecular formula is C11H17ClN4. The molecule has 1 aromatic rings. The zero-order valence-corrected chi connectivity index (χ0v) is 10.7. The van der Waals surface area contributed by atoms with Crippen molar-refractivity contribution in [2.24, 2.45) is 0 Å². The van der Waals surface area contributed by atoms with Gasteiger partial charge in [-0.15, -0.1) is 10.2 Å². The molecule has 0 spiro atoms. The Hall–Kier alpha value is -0.870. The summed E-state index contributed by atoms with van der Waals surface area (Å²) in [6.45, 7) is 9.15. The van der Waals surface area contributed by atoms with Crippen LogP contribution in [0, 0.1) is 13.8 Å². The van der Waals surface area contributed by atoms with Gasteiger partial charge in [-0.05, 0) is 31.9 Å². The molecule has 1 unspecified atom stereocenters. The molecule has 0 bridgehead atoms. The average molecular weight is 241 g/mol. The summed E-state index contributed by atoms with van der Waals surface area (Å²) in [5, 5.41) is 12.1. The van der Waals surface area contributed by atoms with Crippen LogP contribution in [0.3, 0.4) is 0 Å². The first kappa shape index (κ1) is 11.6. The van der Waals surface area contributed by atoms with Gasteiger partial charge in [0.25, 0.3) is 0 Å². The highest BCUT2D eigenvalue weighted by molar-refractivity contribution is 6.30. The van der Waals surface area contributed by atoms with Crippen LogP contribution in [0.4, 0.5) is 5.82 Å². The van der Waals surface area contributed by atoms with Crippen molar-refractivity contribution in [3.05, 3.63) is 16.3 Å². The summed E-state index contributed by atoms with van der Waals surface area (Å²) in [6, 6.07) is 0.492. The Balaban J connectivity index is 2.29. The van der Waals surface area contributed by atoms with E-state index in [1.54, 1.807) is 0 Å². The third-order valence-corrected chi connectivity index (χ3v) is 3.47. The summed E-state index contributed by atoms with van der Waals surface area (Å²) in [6.07, 6.45) is 0. The van der Waals surface area contributed by atoms with Crippen LogP contribution in [-0.2, 0) is 0 Å². The highest BCUT2D eigenvalue weighted by Crippen LogP contribution is 2.24. The molecule has 1 atom stereocenters. The van der Waals surface area contributed by atoms with Crippen LogP contribution in [0.1, 0.15) is 18.1 Å². The lowest BCUT2D eigenvalue weighted by atomic mass is 10.1. The van der Waals surface area contributed by atoms with Crippen molar-refractivity contribution in [3.8, 4) is 0 Å². The van der Waals surface area contributed by atoms with Crippen LogP contribution in [-0.4, -0.2) is 35.9 Å². The van der Waals surface area contributed by atoms with E-state index in [0.717, 1.165) is 36.6 Å². The van der Waals surface area contributed by atoms with Gasteiger partial charge in [-0.2, -0.15) is 0 Å². The first-order valence-electron chi connectivity index (χ1n) is 5.57. The molecule has 0 aromatic carbocycles. The van der Waals surface area contributed by atoms with Crippen molar-refractivity contribution in [1.82, 2.24) is 15.5 Å². The fourth-order valence-corrected chi connectivity index (χ4v) is 2.17. The highest BCUT2D eigenvalue weighted by atomic mass is 35.5. The van der Waals surface area contributed by atoms with Crippen LogP contribution in [0.15, 0.2) is 0 Å². The Morgan fingerprint density at radius 1 is 1.31 bits per heavy atom. The van der Waals surface area contributed by atoms with E-state index in [4.69, 9.17) is 11.6 Å². The fourth-order valence-electron chi connectivity index (χ4n) is 1.99. The maximum atomic E-state index is 5.95. The number of nitrogens with zero attached hydrogens (tertiary/aromatic N) is 3. The predicted octanol–water partition coefficient (Wildman–Crippen LogP) is 1.54. The van der Waals surface area contributed by atoms with Crippen LogP contribution in [0.25, 0.3) is 0 Å². The predicted molar refractivity (Wildman–Crippen MR) is 66.2 cm³/mol. The fraction of sp³-hybridized carbons (Fsp3) is 0.636. The zero-order chi connectivity index (χ0) is 11.7. The number of rotatable bonds is 1. The summed E-state index contributed by atoms with van der Waals surface area (Å²) in [7, 11) is 0. The second kappa shape index (κ2) is 4.55. The van der Waals surface area contributed by atoms with Gasteiger partial charge in [-0.3, -0.25) is 0 Å². The van der Waals surface area contributed by atoms with Gasteiger partial charge in [0, 0.05) is 25.7 Å². The lowest BCUT2D eigenvalue weighted by Crippen LogP contribution is -2.49. The van der Waals surface area contributed by atoms with Crippen LogP contribution < -0.4 is 10.2 Å². The SMILES string of the molecule is Cc1c(Cl)nnc(N2CCNC(C)C2)c1C. The first-order valence-corrected chi connectivity index (χ1v) is 5.95. The van der Waals surface area contributed by atoms with Crippen molar-refractivity contribution in [2.45, 2.75) is 26.8 Å². The Kier molecular flexibility index (Phi) is 3.30. The zero-order valence-electron chi connectivity index (χ0n) is 9.92. The van der Waals surface area contributed by atoms with Gasteiger partial charge < -0.3 is 10.2 Å². The Morgan fingerprint density at radius 3 is 2.75 bits per heavy atom. The van der Waals surface area contributed by atoms with Gasteiger partial charge in [-0.1, -0.05) is 11.6 Å². The lowest BCUT2D eigenvalue weighted by molar-refractivity contribution is 0.480. The van der Waals surface area contributed by atoms with E-state index in [2.05, 4.69) is 34.3 Å². The number of hydrogen-bond donors (Lipinski definition) is 1. The largest absolute Gasteiger partial charge is 0.352 e. The summed E-state index contributed by atoms with van der Waals surface area (Å²) in [4.78, 5) is 2.27. The monoisotopic (exact) mass is 240 g/mol. The molecule has 0 amide bonds. The van der Waals surface area contributed by atoms with E-state index < -0.39 is 0 Å². The molecule has 1 aromatic heterocycles. The van der Waals surface area contributed by atoms with E-state index in [1.165, 1.54) is 0 Å². The maximum Gasteiger partial charge on any atom is 0.155 e. The van der Waals surface area contributed by atoms with Gasteiger partial charge in [0.15, 0.2) is 11.0 Å². The normalized spacial score (nSPS) is 21.2. The van der Waals surface area contributed by atoms with Crippen molar-refractivity contribution in [1.29, 1.82) is 0 Å². The molecule has 1 aliphatic rings. The molecule has 1 fully saturated rings. The van der Waals surface area contributed by atoms with E-state index in [-0.39, 0.29) is 0 Å². The standard InChI is InChI=1S/C11H17ClN4/c1-7-6-16(5-4-13-7)11-9(3)8(2)10(12)14-15-11/h7,13H,4-6H2,1-3H3. The lowest BCUT2D eigenvalue weighted by Gasteiger charge is -2.33. The molecule has 4 nitrogen and oxygen atoms in total. The van der Waals surface area contributed by atoms with Gasteiger partial charge in [0.1, 0.15) is 0 Å². The van der Waals surface area contributed by atoms with Crippen molar-refractivity contribution >= 4 is 17.4 Å². The van der Waals surface area contributed by atoms with E-state index in [1.807, 2.05) is 6.92 Å². The van der Waals surface area contributed by atoms with Gasteiger partial charge in [0.2, 0.25) is 0 Å². The summed E-state index contributed by atoms with van der Waals surface area (Å²) in [5.74, 6) is 0.968. The van der Waals surface area contributed by atoms with E-state index >= 15 is 0 Å². The van der Waals surface area contributed by atoms with E-state index in [0.29, 0.717) is 11.2 Å². The Morgan fingerprint density at radius 2 is 2.06 bits per heavy atom. The molecule has 2 rings (SSSR count). The summed E-state index contributed by atoms with van der Waals surface area (Å²) >= 11 is 5.95. The van der Waals surface area contributed by atoms with Crippen LogP contribution >= 0.6 is 11.6 Å². The minimum absolute atomic E-state index is 0.492. The summed E-state index contributed by atoms with van der Waals surface area (Å²) in [5.41, 5.74) is 2.16. The molecule has 5 heteroatoms. The second-order valence-electron chi connectivity index (χ2n) is 4.37. The quantitative estimate of drug-likeness (QED) is 0.809. The maximum absolute atomic E-state index is 5.95. The van der Waals surface area contributed by atoms with Crippen molar-refractivity contribution < 1.29 is 0 Å². The number of anilines is 1. The number of nitrogens with one attached hydrogen (secondary N) is 1. The number of piperazine rings is 1. The summed E-state index contributed by atoms with van der Waals surface area (Å²) < 4.78 is 0. The molecule has 0 saturated carbocycles. The molecule has 1 aliphatic heterocycles. The second-order valence-corrected chi connectivity index (χ2v) is 4.72. The van der Waals surface area contributed by atoms with Crippen molar-refractivity contribution in [3.63, 3.8) is 0 Å². The Labute approximate surface area is 101 Å². The molecule has 1 saturated heterocycles. The number of hydrogen-bond acceptors (Lipinski definition) is 4. The third-order valence-electron chi connectivity index (χ3n) is 3.11. The van der Waals surface area contributed by atoms with E-state index in [9.17, 15) is 0 Å². The van der Waals surface area contributed by atoms with Gasteiger partial charge in [0.05, 0.1) is 0 Å². The number of halogens is 1. The molecule has 1 N–H and O–H groups in total. The smallest absolute Gasteiger partial charge is 0.155 e. The molecule has 0 radical (unpaired) electrons. The molecule has 0 aliphatic carbocycles.